The average molecular weight is 303 g/mol. The monoisotopic (exact) mass is 303 g/mol. The molecule has 2 atom stereocenters. The topological polar surface area (TPSA) is 97.4 Å². The van der Waals surface area contributed by atoms with Gasteiger partial charge < -0.3 is 19.9 Å². The third-order valence-electron chi connectivity index (χ3n) is 3.49. The van der Waals surface area contributed by atoms with Crippen LogP contribution in [0.4, 0.5) is 0 Å². The van der Waals surface area contributed by atoms with Crippen LogP contribution in [-0.4, -0.2) is 53.0 Å². The van der Waals surface area contributed by atoms with Crippen LogP contribution in [0.5, 0.6) is 0 Å². The Hall–Kier alpha value is -1.57. The zero-order valence-electron chi connectivity index (χ0n) is 13.1. The minimum Gasteiger partial charge on any atom is -0.569 e. The average Bonchev–Trinajstić information content (AvgIpc) is 2.84. The Morgan fingerprint density at radius 3 is 2.62 bits per heavy atom. The first-order chi connectivity index (χ1) is 9.75. The van der Waals surface area contributed by atoms with Crippen LogP contribution in [0.15, 0.2) is 5.28 Å². The van der Waals surface area contributed by atoms with Crippen molar-refractivity contribution >= 4 is 5.97 Å². The van der Waals surface area contributed by atoms with Gasteiger partial charge in [0.2, 0.25) is 5.28 Å². The van der Waals surface area contributed by atoms with E-state index in [1.807, 2.05) is 20.8 Å². The second-order valence-corrected chi connectivity index (χ2v) is 6.20. The van der Waals surface area contributed by atoms with Gasteiger partial charge in [-0.05, 0) is 33.6 Å². The highest BCUT2D eigenvalue weighted by molar-refractivity contribution is 5.70. The van der Waals surface area contributed by atoms with E-state index in [1.54, 1.807) is 7.11 Å². The van der Waals surface area contributed by atoms with Crippen LogP contribution in [0, 0.1) is 11.1 Å². The number of carboxylic acids is 1. The molecule has 0 saturated heterocycles. The highest BCUT2D eigenvalue weighted by Gasteiger charge is 2.33. The molecule has 0 unspecified atom stereocenters. The van der Waals surface area contributed by atoms with E-state index in [1.165, 1.54) is 5.01 Å². The van der Waals surface area contributed by atoms with Gasteiger partial charge in [-0.2, -0.15) is 0 Å². The van der Waals surface area contributed by atoms with Crippen LogP contribution in [-0.2, 0) is 14.4 Å². The SMILES string of the molecule is COCCN(/[N+]([O-])=N\O[C@@H]1CC[C@H](C(=O)O)C1)C(C)(C)C. The number of carboxylic acid groups (broad SMARTS) is 1. The molecule has 0 aromatic carbocycles. The van der Waals surface area contributed by atoms with Crippen LogP contribution < -0.4 is 0 Å². The van der Waals surface area contributed by atoms with E-state index in [2.05, 4.69) is 5.28 Å². The van der Waals surface area contributed by atoms with Gasteiger partial charge in [-0.15, -0.1) is 5.01 Å². The van der Waals surface area contributed by atoms with Crippen molar-refractivity contribution < 1.29 is 24.4 Å². The smallest absolute Gasteiger partial charge is 0.306 e. The summed E-state index contributed by atoms with van der Waals surface area (Å²) in [6.07, 6.45) is 1.23. The number of methoxy groups -OCH3 is 1. The van der Waals surface area contributed by atoms with Crippen molar-refractivity contribution in [3.63, 3.8) is 0 Å². The van der Waals surface area contributed by atoms with E-state index < -0.39 is 17.4 Å². The molecule has 21 heavy (non-hydrogen) atoms. The number of ether oxygens (including phenoxy) is 1. The minimum absolute atomic E-state index is 0.313. The van der Waals surface area contributed by atoms with Gasteiger partial charge in [0.1, 0.15) is 12.6 Å². The standard InChI is InChI=1S/C13H25N3O5/c1-13(2,3)15(7-8-20-4)16(19)14-21-11-6-5-10(9-11)12(17)18/h10-11H,5-9H2,1-4H3,(H,17,18)/b16-14+/t10-,11+/m0/s1. The van der Waals surface area contributed by atoms with E-state index in [9.17, 15) is 10.0 Å². The van der Waals surface area contributed by atoms with Crippen molar-refractivity contribution in [3.05, 3.63) is 5.21 Å². The summed E-state index contributed by atoms with van der Waals surface area (Å²) in [5.74, 6) is -1.23. The lowest BCUT2D eigenvalue weighted by molar-refractivity contribution is -0.726. The molecular formula is C13H25N3O5. The molecule has 0 spiro atoms. The summed E-state index contributed by atoms with van der Waals surface area (Å²) in [6, 6.07) is 0. The molecule has 122 valence electrons. The van der Waals surface area contributed by atoms with Crippen molar-refractivity contribution in [1.29, 1.82) is 0 Å². The van der Waals surface area contributed by atoms with E-state index in [0.29, 0.717) is 37.4 Å². The first kappa shape index (κ1) is 17.5. The summed E-state index contributed by atoms with van der Waals surface area (Å²) in [6.45, 7) is 6.45. The van der Waals surface area contributed by atoms with Gasteiger partial charge in [-0.25, -0.2) is 0 Å². The molecule has 0 aromatic heterocycles. The molecule has 1 rings (SSSR count). The van der Waals surface area contributed by atoms with Gasteiger partial charge in [-0.3, -0.25) is 4.79 Å². The Bertz CT molecular complexity index is 380. The third kappa shape index (κ3) is 5.37. The lowest BCUT2D eigenvalue weighted by Crippen LogP contribution is -2.47. The quantitative estimate of drug-likeness (QED) is 0.437. The van der Waals surface area contributed by atoms with Gasteiger partial charge >= 0.3 is 5.97 Å². The summed E-state index contributed by atoms with van der Waals surface area (Å²) in [7, 11) is 1.56. The normalized spacial score (nSPS) is 23.1. The minimum atomic E-state index is -0.823. The van der Waals surface area contributed by atoms with Crippen molar-refractivity contribution in [2.24, 2.45) is 11.2 Å². The lowest BCUT2D eigenvalue weighted by atomic mass is 10.1. The third-order valence-corrected chi connectivity index (χ3v) is 3.49. The maximum absolute atomic E-state index is 12.0. The van der Waals surface area contributed by atoms with Crippen LogP contribution >= 0.6 is 0 Å². The molecule has 8 heteroatoms. The first-order valence-corrected chi connectivity index (χ1v) is 7.09. The Morgan fingerprint density at radius 1 is 1.48 bits per heavy atom. The highest BCUT2D eigenvalue weighted by Crippen LogP contribution is 2.28. The van der Waals surface area contributed by atoms with Gasteiger partial charge in [0.05, 0.1) is 23.0 Å². The molecule has 1 aliphatic rings. The largest absolute Gasteiger partial charge is 0.569 e. The van der Waals surface area contributed by atoms with Crippen molar-refractivity contribution in [2.45, 2.75) is 51.7 Å². The zero-order valence-corrected chi connectivity index (χ0v) is 13.1. The maximum atomic E-state index is 12.0. The number of hydrogen-bond donors (Lipinski definition) is 1. The molecular weight excluding hydrogens is 278 g/mol. The van der Waals surface area contributed by atoms with Gasteiger partial charge in [-0.1, -0.05) is 0 Å². The van der Waals surface area contributed by atoms with Gasteiger partial charge in [0.25, 0.3) is 0 Å². The Morgan fingerprint density at radius 2 is 2.14 bits per heavy atom. The Balaban J connectivity index is 2.59. The molecule has 8 nitrogen and oxygen atoms in total. The van der Waals surface area contributed by atoms with Crippen LogP contribution in [0.1, 0.15) is 40.0 Å². The Labute approximate surface area is 124 Å². The predicted octanol–water partition coefficient (Wildman–Crippen LogP) is 1.80. The maximum Gasteiger partial charge on any atom is 0.306 e. The molecule has 1 aliphatic carbocycles. The first-order valence-electron chi connectivity index (χ1n) is 7.09. The van der Waals surface area contributed by atoms with Crippen LogP contribution in [0.3, 0.4) is 0 Å². The summed E-state index contributed by atoms with van der Waals surface area (Å²) in [5, 5.41) is 26.0. The van der Waals surface area contributed by atoms with E-state index >= 15 is 0 Å². The predicted molar refractivity (Wildman–Crippen MR) is 74.2 cm³/mol. The number of rotatable bonds is 7. The number of hydrazine groups is 1. The van der Waals surface area contributed by atoms with Crippen molar-refractivity contribution in [2.75, 3.05) is 20.3 Å². The summed E-state index contributed by atoms with van der Waals surface area (Å²) in [5.41, 5.74) is -0.424. The summed E-state index contributed by atoms with van der Waals surface area (Å²) >= 11 is 0. The van der Waals surface area contributed by atoms with E-state index in [0.717, 1.165) is 0 Å². The van der Waals surface area contributed by atoms with Gasteiger partial charge in [0, 0.05) is 13.5 Å². The summed E-state index contributed by atoms with van der Waals surface area (Å²) < 4.78 is 4.98. The molecule has 0 aromatic rings. The van der Waals surface area contributed by atoms with Crippen molar-refractivity contribution in [1.82, 2.24) is 5.01 Å². The second kappa shape index (κ2) is 7.44. The fourth-order valence-corrected chi connectivity index (χ4v) is 2.27. The molecule has 1 saturated carbocycles. The molecule has 1 N–H and O–H groups in total. The lowest BCUT2D eigenvalue weighted by Gasteiger charge is -2.30. The molecule has 0 radical (unpaired) electrons. The Kier molecular flexibility index (Phi) is 6.19. The molecule has 0 heterocycles. The number of hydrogen-bond acceptors (Lipinski definition) is 5. The van der Waals surface area contributed by atoms with Gasteiger partial charge in [0.15, 0.2) is 0 Å². The van der Waals surface area contributed by atoms with E-state index in [-0.39, 0.29) is 6.10 Å². The fourth-order valence-electron chi connectivity index (χ4n) is 2.27. The van der Waals surface area contributed by atoms with Crippen LogP contribution in [0.2, 0.25) is 0 Å². The van der Waals surface area contributed by atoms with E-state index in [4.69, 9.17) is 14.7 Å². The van der Waals surface area contributed by atoms with Crippen LogP contribution in [0.25, 0.3) is 0 Å². The second-order valence-electron chi connectivity index (χ2n) is 6.20. The highest BCUT2D eigenvalue weighted by atomic mass is 16.7. The molecule has 1 fully saturated rings. The number of aliphatic carboxylic acids is 1. The zero-order chi connectivity index (χ0) is 16.0. The summed E-state index contributed by atoms with van der Waals surface area (Å²) in [4.78, 5) is 16.5. The molecule has 0 amide bonds. The molecule has 0 bridgehead atoms. The van der Waals surface area contributed by atoms with Crippen molar-refractivity contribution in [3.8, 4) is 0 Å². The molecule has 0 aliphatic heterocycles. The number of carbonyl (C=O) groups is 1. The fraction of sp³-hybridized carbons (Fsp3) is 0.923. The number of nitrogens with zero attached hydrogens (tertiary/aromatic N) is 3.